The first-order chi connectivity index (χ1) is 16.4. The van der Waals surface area contributed by atoms with Gasteiger partial charge < -0.3 is 14.7 Å². The summed E-state index contributed by atoms with van der Waals surface area (Å²) in [5.74, 6) is -0.151. The lowest BCUT2D eigenvalue weighted by Gasteiger charge is -2.44. The Morgan fingerprint density at radius 2 is 1.82 bits per heavy atom. The average molecular weight is 483 g/mol. The number of aliphatic hydroxyl groups excluding tert-OH is 1. The summed E-state index contributed by atoms with van der Waals surface area (Å²) in [5, 5.41) is 10.2. The van der Waals surface area contributed by atoms with Crippen LogP contribution in [-0.2, 0) is 10.0 Å². The number of nitrogens with zero attached hydrogens (tertiary/aromatic N) is 2. The van der Waals surface area contributed by atoms with Gasteiger partial charge in [0.2, 0.25) is 10.0 Å². The number of para-hydroxylation sites is 1. The molecule has 34 heavy (non-hydrogen) atoms. The van der Waals surface area contributed by atoms with Crippen molar-refractivity contribution < 1.29 is 22.7 Å². The molecule has 1 saturated heterocycles. The highest BCUT2D eigenvalue weighted by Crippen LogP contribution is 2.51. The number of sulfonamides is 1. The van der Waals surface area contributed by atoms with Crippen LogP contribution in [0.1, 0.15) is 18.0 Å². The van der Waals surface area contributed by atoms with Gasteiger partial charge >= 0.3 is 0 Å². The molecule has 2 heterocycles. The second kappa shape index (κ2) is 8.69. The zero-order valence-corrected chi connectivity index (χ0v) is 19.9. The van der Waals surface area contributed by atoms with Crippen molar-refractivity contribution >= 4 is 15.7 Å². The van der Waals surface area contributed by atoms with Crippen molar-refractivity contribution in [1.29, 1.82) is 0 Å². The van der Waals surface area contributed by atoms with Crippen molar-refractivity contribution in [3.8, 4) is 16.9 Å². The quantitative estimate of drug-likeness (QED) is 0.594. The Balaban J connectivity index is 1.67. The van der Waals surface area contributed by atoms with E-state index in [9.17, 15) is 17.9 Å². The predicted molar refractivity (Wildman–Crippen MR) is 129 cm³/mol. The monoisotopic (exact) mass is 482 g/mol. The second-order valence-electron chi connectivity index (χ2n) is 8.78. The van der Waals surface area contributed by atoms with Gasteiger partial charge in [-0.05, 0) is 47.9 Å². The van der Waals surface area contributed by atoms with Crippen LogP contribution >= 0.6 is 0 Å². The second-order valence-corrected chi connectivity index (χ2v) is 10.6. The molecule has 8 heteroatoms. The summed E-state index contributed by atoms with van der Waals surface area (Å²) in [6.07, 6.45) is 0.609. The molecule has 2 aliphatic heterocycles. The summed E-state index contributed by atoms with van der Waals surface area (Å²) < 4.78 is 49.2. The normalized spacial score (nSPS) is 22.4. The molecule has 2 aliphatic rings. The summed E-state index contributed by atoms with van der Waals surface area (Å²) in [7, 11) is -0.530. The third-order valence-corrected chi connectivity index (χ3v) is 9.06. The van der Waals surface area contributed by atoms with E-state index in [-0.39, 0.29) is 35.0 Å². The fraction of sp³-hybridized carbons (Fsp3) is 0.308. The van der Waals surface area contributed by atoms with Crippen LogP contribution in [0, 0.1) is 11.7 Å². The number of hydrogen-bond acceptors (Lipinski definition) is 5. The zero-order valence-electron chi connectivity index (χ0n) is 19.1. The van der Waals surface area contributed by atoms with Crippen LogP contribution in [0.3, 0.4) is 0 Å². The average Bonchev–Trinajstić information content (AvgIpc) is 3.30. The number of aliphatic hydroxyl groups is 1. The highest BCUT2D eigenvalue weighted by Gasteiger charge is 2.50. The van der Waals surface area contributed by atoms with Gasteiger partial charge in [-0.3, -0.25) is 0 Å². The Morgan fingerprint density at radius 3 is 2.56 bits per heavy atom. The van der Waals surface area contributed by atoms with Gasteiger partial charge in [0.25, 0.3) is 0 Å². The summed E-state index contributed by atoms with van der Waals surface area (Å²) in [6, 6.07) is 18.1. The molecule has 0 aromatic heterocycles. The van der Waals surface area contributed by atoms with E-state index in [0.717, 1.165) is 11.3 Å². The number of hydrogen-bond donors (Lipinski definition) is 1. The van der Waals surface area contributed by atoms with E-state index in [1.54, 1.807) is 42.5 Å². The molecule has 5 rings (SSSR count). The SMILES string of the molecule is COc1ccccc1S(=O)(=O)N1CC[C@@H]2[C@H]1c1cc(-c3ccccc3F)ccc1N(C)[C@H]2CO. The van der Waals surface area contributed by atoms with Crippen LogP contribution in [-0.4, -0.2) is 51.2 Å². The van der Waals surface area contributed by atoms with Crippen molar-refractivity contribution in [2.24, 2.45) is 5.92 Å². The van der Waals surface area contributed by atoms with E-state index in [2.05, 4.69) is 0 Å². The standard InChI is InChI=1S/C26H27FN2O4S/c1-28-22-12-11-17(18-7-3-4-8-21(18)27)15-20(22)26-19(23(28)16-30)13-14-29(26)34(31,32)25-10-6-5-9-24(25)33-2/h3-12,15,19,23,26,30H,13-14,16H2,1-2H3/t19-,23-,26-/m0/s1. The third kappa shape index (κ3) is 3.48. The molecule has 0 spiro atoms. The summed E-state index contributed by atoms with van der Waals surface area (Å²) in [4.78, 5) is 2.13. The Bertz CT molecular complexity index is 1330. The van der Waals surface area contributed by atoms with Gasteiger partial charge in [-0.1, -0.05) is 36.4 Å². The minimum Gasteiger partial charge on any atom is -0.495 e. The topological polar surface area (TPSA) is 70.1 Å². The van der Waals surface area contributed by atoms with E-state index < -0.39 is 16.1 Å². The minimum atomic E-state index is -3.90. The molecular formula is C26H27FN2O4S. The van der Waals surface area contributed by atoms with Gasteiger partial charge in [0.15, 0.2) is 0 Å². The number of halogens is 1. The predicted octanol–water partition coefficient (Wildman–Crippen LogP) is 4.06. The molecule has 0 unspecified atom stereocenters. The number of benzene rings is 3. The van der Waals surface area contributed by atoms with Crippen LogP contribution in [0.4, 0.5) is 10.1 Å². The van der Waals surface area contributed by atoms with Gasteiger partial charge in [0.1, 0.15) is 16.5 Å². The smallest absolute Gasteiger partial charge is 0.247 e. The summed E-state index contributed by atoms with van der Waals surface area (Å²) >= 11 is 0. The molecule has 0 bridgehead atoms. The third-order valence-electron chi connectivity index (χ3n) is 7.14. The highest BCUT2D eigenvalue weighted by molar-refractivity contribution is 7.89. The number of rotatable bonds is 5. The lowest BCUT2D eigenvalue weighted by Crippen LogP contribution is -2.48. The number of ether oxygens (including phenoxy) is 1. The maximum Gasteiger partial charge on any atom is 0.247 e. The maximum atomic E-state index is 14.6. The fourth-order valence-corrected chi connectivity index (χ4v) is 7.33. The molecule has 3 atom stereocenters. The first kappa shape index (κ1) is 22.8. The van der Waals surface area contributed by atoms with Crippen LogP contribution in [0.25, 0.3) is 11.1 Å². The van der Waals surface area contributed by atoms with Crippen molar-refractivity contribution in [3.05, 3.63) is 78.1 Å². The molecule has 3 aromatic rings. The van der Waals surface area contributed by atoms with E-state index in [1.165, 1.54) is 17.5 Å². The largest absolute Gasteiger partial charge is 0.495 e. The lowest BCUT2D eigenvalue weighted by molar-refractivity contribution is 0.193. The molecule has 0 saturated carbocycles. The van der Waals surface area contributed by atoms with Crippen molar-refractivity contribution in [2.75, 3.05) is 32.2 Å². The molecule has 3 aromatic carbocycles. The van der Waals surface area contributed by atoms with Crippen molar-refractivity contribution in [1.82, 2.24) is 4.31 Å². The van der Waals surface area contributed by atoms with Crippen molar-refractivity contribution in [3.63, 3.8) is 0 Å². The lowest BCUT2D eigenvalue weighted by atomic mass is 9.81. The molecule has 6 nitrogen and oxygen atoms in total. The van der Waals surface area contributed by atoms with Crippen LogP contribution < -0.4 is 9.64 Å². The van der Waals surface area contributed by atoms with Gasteiger partial charge in [0, 0.05) is 30.8 Å². The molecule has 0 amide bonds. The molecule has 1 N–H and O–H groups in total. The zero-order chi connectivity index (χ0) is 24.0. The summed E-state index contributed by atoms with van der Waals surface area (Å²) in [6.45, 7) is 0.234. The maximum absolute atomic E-state index is 14.6. The first-order valence-corrected chi connectivity index (χ1v) is 12.7. The number of anilines is 1. The van der Waals surface area contributed by atoms with Crippen LogP contribution in [0.15, 0.2) is 71.6 Å². The number of likely N-dealkylation sites (N-methyl/N-ethyl adjacent to an activating group) is 1. The Morgan fingerprint density at radius 1 is 1.09 bits per heavy atom. The number of fused-ring (bicyclic) bond motifs is 3. The van der Waals surface area contributed by atoms with E-state index in [1.807, 2.05) is 30.1 Å². The van der Waals surface area contributed by atoms with Gasteiger partial charge in [-0.25, -0.2) is 12.8 Å². The molecule has 1 fully saturated rings. The Hall–Kier alpha value is -2.94. The van der Waals surface area contributed by atoms with E-state index in [4.69, 9.17) is 4.74 Å². The van der Waals surface area contributed by atoms with E-state index in [0.29, 0.717) is 24.1 Å². The highest BCUT2D eigenvalue weighted by atomic mass is 32.2. The van der Waals surface area contributed by atoms with Crippen molar-refractivity contribution in [2.45, 2.75) is 23.4 Å². The number of methoxy groups -OCH3 is 1. The molecule has 178 valence electrons. The Kier molecular flexibility index (Phi) is 5.83. The van der Waals surface area contributed by atoms with Gasteiger partial charge in [0.05, 0.1) is 25.8 Å². The first-order valence-electron chi connectivity index (χ1n) is 11.3. The van der Waals surface area contributed by atoms with Crippen LogP contribution in [0.2, 0.25) is 0 Å². The van der Waals surface area contributed by atoms with E-state index >= 15 is 0 Å². The molecule has 0 radical (unpaired) electrons. The fourth-order valence-electron chi connectivity index (χ4n) is 5.50. The Labute approximate surface area is 199 Å². The summed E-state index contributed by atoms with van der Waals surface area (Å²) in [5.41, 5.74) is 2.80. The minimum absolute atomic E-state index is 0.0886. The van der Waals surface area contributed by atoms with Gasteiger partial charge in [-0.2, -0.15) is 4.31 Å². The molecule has 0 aliphatic carbocycles. The van der Waals surface area contributed by atoms with Gasteiger partial charge in [-0.15, -0.1) is 0 Å². The molecular weight excluding hydrogens is 455 g/mol. The van der Waals surface area contributed by atoms with Crippen LogP contribution in [0.5, 0.6) is 5.75 Å².